The summed E-state index contributed by atoms with van der Waals surface area (Å²) in [5.41, 5.74) is 2.52. The summed E-state index contributed by atoms with van der Waals surface area (Å²) in [7, 11) is 0. The van der Waals surface area contributed by atoms with Crippen LogP contribution in [0.1, 0.15) is 25.5 Å². The minimum Gasteiger partial charge on any atom is -0.301 e. The number of carbonyl (C=O) groups excluding carboxylic acids is 1. The number of β-lactam (4-membered cyclic amide) rings is 1. The van der Waals surface area contributed by atoms with E-state index >= 15 is 0 Å². The fourth-order valence-corrected chi connectivity index (χ4v) is 3.53. The van der Waals surface area contributed by atoms with E-state index in [0.29, 0.717) is 0 Å². The summed E-state index contributed by atoms with van der Waals surface area (Å²) in [6.07, 6.45) is 1.78. The summed E-state index contributed by atoms with van der Waals surface area (Å²) >= 11 is 0. The number of anilines is 1. The average Bonchev–Trinajstić information content (AvgIpc) is 2.59. The molecule has 114 valence electrons. The maximum Gasteiger partial charge on any atom is 0.235 e. The number of hydrogen-bond donors (Lipinski definition) is 0. The predicted molar refractivity (Wildman–Crippen MR) is 92.2 cm³/mol. The van der Waals surface area contributed by atoms with Crippen LogP contribution in [0.15, 0.2) is 66.9 Å². The summed E-state index contributed by atoms with van der Waals surface area (Å²) in [6, 6.07) is 20.2. The van der Waals surface area contributed by atoms with Gasteiger partial charge in [0.1, 0.15) is 0 Å². The first kappa shape index (κ1) is 13.9. The molecule has 0 radical (unpaired) electrons. The molecule has 1 unspecified atom stereocenters. The highest BCUT2D eigenvalue weighted by Gasteiger charge is 2.55. The summed E-state index contributed by atoms with van der Waals surface area (Å²) in [5.74, 6) is 0.143. The van der Waals surface area contributed by atoms with Gasteiger partial charge in [-0.05, 0) is 31.5 Å². The van der Waals surface area contributed by atoms with E-state index in [1.165, 1.54) is 0 Å². The lowest BCUT2D eigenvalue weighted by atomic mass is 9.70. The summed E-state index contributed by atoms with van der Waals surface area (Å²) < 4.78 is 0. The van der Waals surface area contributed by atoms with E-state index in [2.05, 4.69) is 17.1 Å². The van der Waals surface area contributed by atoms with Gasteiger partial charge < -0.3 is 4.90 Å². The van der Waals surface area contributed by atoms with Gasteiger partial charge in [0.25, 0.3) is 0 Å². The molecule has 0 saturated carbocycles. The number of rotatable bonds is 2. The summed E-state index contributed by atoms with van der Waals surface area (Å²) in [4.78, 5) is 19.2. The molecule has 3 nitrogen and oxygen atoms in total. The van der Waals surface area contributed by atoms with E-state index in [-0.39, 0.29) is 11.9 Å². The zero-order valence-electron chi connectivity index (χ0n) is 13.2. The van der Waals surface area contributed by atoms with Crippen molar-refractivity contribution in [2.75, 3.05) is 4.90 Å². The van der Waals surface area contributed by atoms with Crippen molar-refractivity contribution in [1.29, 1.82) is 0 Å². The first-order valence-electron chi connectivity index (χ1n) is 7.83. The molecule has 1 aromatic heterocycles. The number of benzene rings is 2. The molecule has 3 aromatic rings. The van der Waals surface area contributed by atoms with Gasteiger partial charge in [-0.25, -0.2) is 0 Å². The smallest absolute Gasteiger partial charge is 0.235 e. The molecule has 23 heavy (non-hydrogen) atoms. The molecule has 1 amide bonds. The third-order valence-electron chi connectivity index (χ3n) is 4.70. The van der Waals surface area contributed by atoms with Crippen LogP contribution in [-0.4, -0.2) is 10.9 Å². The van der Waals surface area contributed by atoms with Crippen LogP contribution in [0, 0.1) is 5.41 Å². The van der Waals surface area contributed by atoms with Gasteiger partial charge in [0.2, 0.25) is 5.91 Å². The van der Waals surface area contributed by atoms with Crippen molar-refractivity contribution in [3.63, 3.8) is 0 Å². The summed E-state index contributed by atoms with van der Waals surface area (Å²) in [5, 5.41) is 1.05. The minimum atomic E-state index is -0.404. The fraction of sp³-hybridized carbons (Fsp3) is 0.200. The lowest BCUT2D eigenvalue weighted by Crippen LogP contribution is -2.61. The van der Waals surface area contributed by atoms with E-state index in [0.717, 1.165) is 22.2 Å². The zero-order chi connectivity index (χ0) is 16.0. The van der Waals surface area contributed by atoms with Crippen LogP contribution in [0.25, 0.3) is 10.9 Å². The van der Waals surface area contributed by atoms with E-state index in [1.54, 1.807) is 6.20 Å². The molecular formula is C20H18N2O. The van der Waals surface area contributed by atoms with E-state index in [1.807, 2.05) is 67.3 Å². The molecule has 2 heterocycles. The van der Waals surface area contributed by atoms with Crippen LogP contribution < -0.4 is 4.90 Å². The van der Waals surface area contributed by atoms with Crippen LogP contribution >= 0.6 is 0 Å². The lowest BCUT2D eigenvalue weighted by Gasteiger charge is -2.53. The number of carbonyl (C=O) groups is 1. The van der Waals surface area contributed by atoms with Crippen LogP contribution in [0.2, 0.25) is 0 Å². The third-order valence-corrected chi connectivity index (χ3v) is 4.70. The number of amides is 1. The molecule has 1 atom stereocenters. The Kier molecular flexibility index (Phi) is 2.98. The SMILES string of the molecule is CC1(C)C(=O)N(c2cccc3cccnc23)C1c1ccccc1. The van der Waals surface area contributed by atoms with Crippen molar-refractivity contribution < 1.29 is 4.79 Å². The van der Waals surface area contributed by atoms with E-state index < -0.39 is 5.41 Å². The van der Waals surface area contributed by atoms with Crippen molar-refractivity contribution in [3.8, 4) is 0 Å². The van der Waals surface area contributed by atoms with Crippen molar-refractivity contribution in [1.82, 2.24) is 4.98 Å². The largest absolute Gasteiger partial charge is 0.301 e. The first-order chi connectivity index (χ1) is 11.1. The second-order valence-electron chi connectivity index (χ2n) is 6.56. The third kappa shape index (κ3) is 1.96. The average molecular weight is 302 g/mol. The Morgan fingerprint density at radius 2 is 1.70 bits per heavy atom. The molecule has 1 saturated heterocycles. The Morgan fingerprint density at radius 1 is 0.957 bits per heavy atom. The van der Waals surface area contributed by atoms with Crippen LogP contribution in [-0.2, 0) is 4.79 Å². The molecule has 3 heteroatoms. The zero-order valence-corrected chi connectivity index (χ0v) is 13.2. The van der Waals surface area contributed by atoms with Gasteiger partial charge in [-0.1, -0.05) is 48.5 Å². The van der Waals surface area contributed by atoms with Crippen LogP contribution in [0.3, 0.4) is 0 Å². The Labute approximate surface area is 135 Å². The van der Waals surface area contributed by atoms with Gasteiger partial charge in [-0.2, -0.15) is 0 Å². The van der Waals surface area contributed by atoms with Crippen LogP contribution in [0.5, 0.6) is 0 Å². The normalized spacial score (nSPS) is 19.7. The number of hydrogen-bond acceptors (Lipinski definition) is 2. The Bertz CT molecular complexity index is 881. The quantitative estimate of drug-likeness (QED) is 0.659. The molecule has 1 aliphatic rings. The van der Waals surface area contributed by atoms with Gasteiger partial charge in [0.05, 0.1) is 22.7 Å². The minimum absolute atomic E-state index is 0.0313. The predicted octanol–water partition coefficient (Wildman–Crippen LogP) is 4.35. The molecular weight excluding hydrogens is 284 g/mol. The standard InChI is InChI=1S/C20H18N2O/c1-20(2)18(15-8-4-3-5-9-15)22(19(20)23)16-12-6-10-14-11-7-13-21-17(14)16/h3-13,18H,1-2H3. The van der Waals surface area contributed by atoms with Crippen molar-refractivity contribution >= 4 is 22.5 Å². The van der Waals surface area contributed by atoms with Gasteiger partial charge >= 0.3 is 0 Å². The van der Waals surface area contributed by atoms with Gasteiger partial charge in [-0.3, -0.25) is 9.78 Å². The number of pyridine rings is 1. The number of nitrogens with zero attached hydrogens (tertiary/aromatic N) is 2. The molecule has 0 aliphatic carbocycles. The maximum absolute atomic E-state index is 12.8. The van der Waals surface area contributed by atoms with Crippen LogP contribution in [0.4, 0.5) is 5.69 Å². The maximum atomic E-state index is 12.8. The summed E-state index contributed by atoms with van der Waals surface area (Å²) in [6.45, 7) is 4.03. The lowest BCUT2D eigenvalue weighted by molar-refractivity contribution is -0.137. The topological polar surface area (TPSA) is 33.2 Å². The fourth-order valence-electron chi connectivity index (χ4n) is 3.53. The van der Waals surface area contributed by atoms with Crippen molar-refractivity contribution in [2.45, 2.75) is 19.9 Å². The Hall–Kier alpha value is -2.68. The molecule has 2 aromatic carbocycles. The second-order valence-corrected chi connectivity index (χ2v) is 6.56. The number of para-hydroxylation sites is 1. The highest BCUT2D eigenvalue weighted by Crippen LogP contribution is 2.52. The first-order valence-corrected chi connectivity index (χ1v) is 7.83. The van der Waals surface area contributed by atoms with Gasteiger partial charge in [-0.15, -0.1) is 0 Å². The van der Waals surface area contributed by atoms with Gasteiger partial charge in [0, 0.05) is 11.6 Å². The van der Waals surface area contributed by atoms with Crippen molar-refractivity contribution in [2.24, 2.45) is 5.41 Å². The van der Waals surface area contributed by atoms with E-state index in [4.69, 9.17) is 0 Å². The molecule has 0 N–H and O–H groups in total. The molecule has 1 aliphatic heterocycles. The van der Waals surface area contributed by atoms with E-state index in [9.17, 15) is 4.79 Å². The Balaban J connectivity index is 1.88. The van der Waals surface area contributed by atoms with Gasteiger partial charge in [0.15, 0.2) is 0 Å². The second kappa shape index (κ2) is 4.92. The Morgan fingerprint density at radius 3 is 2.48 bits per heavy atom. The molecule has 0 spiro atoms. The van der Waals surface area contributed by atoms with Crippen molar-refractivity contribution in [3.05, 3.63) is 72.4 Å². The number of aromatic nitrogens is 1. The molecule has 0 bridgehead atoms. The molecule has 4 rings (SSSR count). The highest BCUT2D eigenvalue weighted by atomic mass is 16.2. The highest BCUT2D eigenvalue weighted by molar-refractivity contribution is 6.10. The number of fused-ring (bicyclic) bond motifs is 1. The molecule has 1 fully saturated rings. The monoisotopic (exact) mass is 302 g/mol.